The maximum atomic E-state index is 12.8. The van der Waals surface area contributed by atoms with Crippen LogP contribution in [-0.2, 0) is 0 Å². The molecular weight excluding hydrogens is 252 g/mol. The molecule has 2 heterocycles. The molecule has 4 heteroatoms. The number of carbonyl (C=O) groups is 1. The zero-order chi connectivity index (χ0) is 14.1. The van der Waals surface area contributed by atoms with E-state index in [2.05, 4.69) is 19.2 Å². The lowest BCUT2D eigenvalue weighted by Crippen LogP contribution is -2.47. The van der Waals surface area contributed by atoms with Crippen LogP contribution < -0.4 is 5.32 Å². The van der Waals surface area contributed by atoms with Crippen LogP contribution in [-0.4, -0.2) is 16.8 Å². The Morgan fingerprint density at radius 2 is 2.10 bits per heavy atom. The Hall–Kier alpha value is -2.23. The smallest absolute Gasteiger partial charge is 0.258 e. The average molecular weight is 270 g/mol. The number of hydrogen-bond acceptors (Lipinski definition) is 3. The summed E-state index contributed by atoms with van der Waals surface area (Å²) in [4.78, 5) is 14.6. The molecule has 1 aliphatic heterocycles. The molecule has 2 unspecified atom stereocenters. The average Bonchev–Trinajstić information content (AvgIpc) is 3.00. The largest absolute Gasteiger partial charge is 0.465 e. The fraction of sp³-hybridized carbons (Fsp3) is 0.312. The Bertz CT molecular complexity index is 607. The number of carbonyl (C=O) groups excluding carboxylic acids is 1. The van der Waals surface area contributed by atoms with Crippen LogP contribution in [0.3, 0.4) is 0 Å². The second kappa shape index (κ2) is 5.04. The molecule has 3 rings (SSSR count). The molecule has 0 fully saturated rings. The highest BCUT2D eigenvalue weighted by Gasteiger charge is 2.36. The minimum Gasteiger partial charge on any atom is -0.465 e. The number of nitrogens with zero attached hydrogens (tertiary/aromatic N) is 1. The van der Waals surface area contributed by atoms with Crippen molar-refractivity contribution < 1.29 is 9.21 Å². The molecule has 0 bridgehead atoms. The number of hydrogen-bond donors (Lipinski definition) is 1. The van der Waals surface area contributed by atoms with Gasteiger partial charge < -0.3 is 14.6 Å². The van der Waals surface area contributed by atoms with Crippen LogP contribution in [0.15, 0.2) is 47.1 Å². The fourth-order valence-corrected chi connectivity index (χ4v) is 2.58. The molecule has 20 heavy (non-hydrogen) atoms. The van der Waals surface area contributed by atoms with Crippen LogP contribution in [0.1, 0.15) is 42.6 Å². The molecule has 1 aromatic carbocycles. The van der Waals surface area contributed by atoms with Crippen molar-refractivity contribution in [3.63, 3.8) is 0 Å². The fourth-order valence-electron chi connectivity index (χ4n) is 2.58. The van der Waals surface area contributed by atoms with E-state index in [0.29, 0.717) is 0 Å². The van der Waals surface area contributed by atoms with E-state index in [1.54, 1.807) is 6.26 Å². The molecule has 4 nitrogen and oxygen atoms in total. The molecule has 1 amide bonds. The summed E-state index contributed by atoms with van der Waals surface area (Å²) in [6.07, 6.45) is 2.28. The number of anilines is 1. The summed E-state index contributed by atoms with van der Waals surface area (Å²) < 4.78 is 5.50. The SMILES string of the molecule is CCC(C)N1C(=O)c2ccccc2NC1c1ccco1. The maximum Gasteiger partial charge on any atom is 0.258 e. The number of furan rings is 1. The standard InChI is InChI=1S/C16H18N2O2/c1-3-11(2)18-15(14-9-6-10-20-14)17-13-8-5-4-7-12(13)16(18)19/h4-11,15,17H,3H2,1-2H3. The summed E-state index contributed by atoms with van der Waals surface area (Å²) in [5.41, 5.74) is 1.58. The van der Waals surface area contributed by atoms with Crippen molar-refractivity contribution in [2.45, 2.75) is 32.5 Å². The van der Waals surface area contributed by atoms with Gasteiger partial charge in [-0.25, -0.2) is 0 Å². The van der Waals surface area contributed by atoms with Gasteiger partial charge in [-0.15, -0.1) is 0 Å². The minimum atomic E-state index is -0.248. The van der Waals surface area contributed by atoms with Crippen molar-refractivity contribution in [1.29, 1.82) is 0 Å². The number of fused-ring (bicyclic) bond motifs is 1. The van der Waals surface area contributed by atoms with Gasteiger partial charge in [0.15, 0.2) is 6.17 Å². The highest BCUT2D eigenvalue weighted by molar-refractivity contribution is 6.01. The zero-order valence-corrected chi connectivity index (χ0v) is 11.7. The van der Waals surface area contributed by atoms with Gasteiger partial charge in [0.25, 0.3) is 5.91 Å². The summed E-state index contributed by atoms with van der Waals surface area (Å²) in [6.45, 7) is 4.14. The Kier molecular flexibility index (Phi) is 3.22. The third kappa shape index (κ3) is 1.97. The Morgan fingerprint density at radius 3 is 2.80 bits per heavy atom. The van der Waals surface area contributed by atoms with Crippen molar-refractivity contribution in [3.8, 4) is 0 Å². The van der Waals surface area contributed by atoms with Crippen LogP contribution in [0.25, 0.3) is 0 Å². The molecule has 0 aliphatic carbocycles. The monoisotopic (exact) mass is 270 g/mol. The van der Waals surface area contributed by atoms with E-state index in [4.69, 9.17) is 4.42 Å². The molecule has 0 saturated carbocycles. The summed E-state index contributed by atoms with van der Waals surface area (Å²) in [6, 6.07) is 11.5. The second-order valence-corrected chi connectivity index (χ2v) is 5.08. The quantitative estimate of drug-likeness (QED) is 0.926. The van der Waals surface area contributed by atoms with Crippen molar-refractivity contribution in [2.75, 3.05) is 5.32 Å². The van der Waals surface area contributed by atoms with Crippen LogP contribution in [0.4, 0.5) is 5.69 Å². The van der Waals surface area contributed by atoms with Gasteiger partial charge in [-0.3, -0.25) is 4.79 Å². The molecule has 1 N–H and O–H groups in total. The highest BCUT2D eigenvalue weighted by Crippen LogP contribution is 2.34. The molecule has 1 aliphatic rings. The van der Waals surface area contributed by atoms with Gasteiger partial charge in [0.05, 0.1) is 11.8 Å². The van der Waals surface area contributed by atoms with Crippen LogP contribution in [0.2, 0.25) is 0 Å². The molecule has 0 saturated heterocycles. The lowest BCUT2D eigenvalue weighted by atomic mass is 10.0. The number of para-hydroxylation sites is 1. The number of amides is 1. The number of benzene rings is 1. The predicted molar refractivity (Wildman–Crippen MR) is 77.4 cm³/mol. The van der Waals surface area contributed by atoms with E-state index < -0.39 is 0 Å². The first-order valence-electron chi connectivity index (χ1n) is 6.94. The highest BCUT2D eigenvalue weighted by atomic mass is 16.3. The van der Waals surface area contributed by atoms with E-state index in [-0.39, 0.29) is 18.1 Å². The summed E-state index contributed by atoms with van der Waals surface area (Å²) in [7, 11) is 0. The van der Waals surface area contributed by atoms with Gasteiger partial charge in [-0.05, 0) is 37.6 Å². The van der Waals surface area contributed by atoms with E-state index >= 15 is 0 Å². The molecule has 2 atom stereocenters. The van der Waals surface area contributed by atoms with Crippen LogP contribution in [0.5, 0.6) is 0 Å². The van der Waals surface area contributed by atoms with Gasteiger partial charge in [-0.1, -0.05) is 19.1 Å². The van der Waals surface area contributed by atoms with Gasteiger partial charge >= 0.3 is 0 Å². The molecule has 0 spiro atoms. The third-order valence-corrected chi connectivity index (χ3v) is 3.84. The maximum absolute atomic E-state index is 12.8. The van der Waals surface area contributed by atoms with Crippen molar-refractivity contribution in [3.05, 3.63) is 54.0 Å². The first-order chi connectivity index (χ1) is 9.72. The summed E-state index contributed by atoms with van der Waals surface area (Å²) in [5.74, 6) is 0.809. The topological polar surface area (TPSA) is 45.5 Å². The Morgan fingerprint density at radius 1 is 1.30 bits per heavy atom. The minimum absolute atomic E-state index is 0.0510. The molecule has 0 radical (unpaired) electrons. The normalized spacial score (nSPS) is 19.4. The molecule has 104 valence electrons. The number of rotatable bonds is 3. The van der Waals surface area contributed by atoms with E-state index in [9.17, 15) is 4.79 Å². The lowest BCUT2D eigenvalue weighted by molar-refractivity contribution is 0.0568. The van der Waals surface area contributed by atoms with Gasteiger partial charge in [0, 0.05) is 11.7 Å². The van der Waals surface area contributed by atoms with Gasteiger partial charge in [0.1, 0.15) is 5.76 Å². The predicted octanol–water partition coefficient (Wildman–Crippen LogP) is 3.64. The van der Waals surface area contributed by atoms with Crippen molar-refractivity contribution in [1.82, 2.24) is 4.90 Å². The van der Waals surface area contributed by atoms with Crippen molar-refractivity contribution >= 4 is 11.6 Å². The second-order valence-electron chi connectivity index (χ2n) is 5.08. The zero-order valence-electron chi connectivity index (χ0n) is 11.7. The molecular formula is C16H18N2O2. The van der Waals surface area contributed by atoms with Gasteiger partial charge in [-0.2, -0.15) is 0 Å². The lowest BCUT2D eigenvalue weighted by Gasteiger charge is -2.40. The summed E-state index contributed by atoms with van der Waals surface area (Å²) >= 11 is 0. The van der Waals surface area contributed by atoms with E-state index in [0.717, 1.165) is 23.4 Å². The number of nitrogens with one attached hydrogen (secondary N) is 1. The van der Waals surface area contributed by atoms with E-state index in [1.807, 2.05) is 41.3 Å². The Labute approximate surface area is 118 Å². The first kappa shape index (κ1) is 12.8. The molecule has 1 aromatic heterocycles. The van der Waals surface area contributed by atoms with Crippen LogP contribution in [0, 0.1) is 0 Å². The van der Waals surface area contributed by atoms with Crippen LogP contribution >= 0.6 is 0 Å². The third-order valence-electron chi connectivity index (χ3n) is 3.84. The van der Waals surface area contributed by atoms with Gasteiger partial charge in [0.2, 0.25) is 0 Å². The first-order valence-corrected chi connectivity index (χ1v) is 6.94. The Balaban J connectivity index is 2.07. The van der Waals surface area contributed by atoms with Crippen molar-refractivity contribution in [2.24, 2.45) is 0 Å². The van der Waals surface area contributed by atoms with E-state index in [1.165, 1.54) is 0 Å². The summed E-state index contributed by atoms with van der Waals surface area (Å²) in [5, 5.41) is 3.41. The molecule has 2 aromatic rings.